The Kier molecular flexibility index (Phi) is 6.14. The summed E-state index contributed by atoms with van der Waals surface area (Å²) in [6.07, 6.45) is 4.70. The van der Waals surface area contributed by atoms with E-state index in [2.05, 4.69) is 41.8 Å². The quantitative estimate of drug-likeness (QED) is 0.449. The van der Waals surface area contributed by atoms with Gasteiger partial charge in [-0.3, -0.25) is 14.1 Å². The average Bonchev–Trinajstić information content (AvgIpc) is 3.07. The van der Waals surface area contributed by atoms with E-state index in [9.17, 15) is 13.2 Å². The van der Waals surface area contributed by atoms with Crippen LogP contribution in [0.25, 0.3) is 5.69 Å². The highest BCUT2D eigenvalue weighted by molar-refractivity contribution is 8.00. The first kappa shape index (κ1) is 21.1. The Morgan fingerprint density at radius 3 is 2.31 bits per heavy atom. The highest BCUT2D eigenvalue weighted by Gasteiger charge is 2.19. The monoisotopic (exact) mass is 429 g/mol. The van der Waals surface area contributed by atoms with Gasteiger partial charge in [0.15, 0.2) is 10.9 Å². The lowest BCUT2D eigenvalue weighted by atomic mass is 10.1. The van der Waals surface area contributed by atoms with Crippen molar-refractivity contribution in [1.29, 1.82) is 0 Å². The molecule has 1 unspecified atom stereocenters. The summed E-state index contributed by atoms with van der Waals surface area (Å²) in [7, 11) is -3.35. The van der Waals surface area contributed by atoms with Gasteiger partial charge >= 0.3 is 0 Å². The molecule has 0 radical (unpaired) electrons. The van der Waals surface area contributed by atoms with Gasteiger partial charge < -0.3 is 0 Å². The highest BCUT2D eigenvalue weighted by Crippen LogP contribution is 2.27. The first-order valence-corrected chi connectivity index (χ1v) is 11.8. The van der Waals surface area contributed by atoms with Crippen LogP contribution in [0.4, 0.5) is 5.69 Å². The number of nitrogens with zero attached hydrogens (tertiary/aromatic N) is 2. The summed E-state index contributed by atoms with van der Waals surface area (Å²) in [4.78, 5) is 17.2. The number of thioether (sulfide) groups is 1. The predicted molar refractivity (Wildman–Crippen MR) is 118 cm³/mol. The second kappa shape index (κ2) is 8.42. The number of ketones is 1. The average molecular weight is 430 g/mol. The van der Waals surface area contributed by atoms with Crippen LogP contribution in [-0.2, 0) is 10.0 Å². The number of benzene rings is 2. The third-order valence-corrected chi connectivity index (χ3v) is 5.90. The first-order chi connectivity index (χ1) is 13.6. The maximum Gasteiger partial charge on any atom is 0.229 e. The Morgan fingerprint density at radius 2 is 1.72 bits per heavy atom. The number of aromatic nitrogens is 2. The molecule has 0 saturated heterocycles. The summed E-state index contributed by atoms with van der Waals surface area (Å²) >= 11 is 1.39. The van der Waals surface area contributed by atoms with Gasteiger partial charge in [0.25, 0.3) is 0 Å². The minimum atomic E-state index is -3.35. The number of nitrogens with one attached hydrogen (secondary N) is 1. The van der Waals surface area contributed by atoms with Crippen molar-refractivity contribution in [2.75, 3.05) is 11.0 Å². The zero-order valence-corrected chi connectivity index (χ0v) is 18.3. The van der Waals surface area contributed by atoms with E-state index in [0.717, 1.165) is 28.2 Å². The molecule has 1 N–H and O–H groups in total. The van der Waals surface area contributed by atoms with Crippen molar-refractivity contribution in [3.8, 4) is 5.69 Å². The number of Topliss-reactive ketones (excluding diaryl/α,β-unsaturated/α-hetero) is 1. The van der Waals surface area contributed by atoms with E-state index in [0.29, 0.717) is 11.3 Å². The fourth-order valence-corrected chi connectivity index (χ4v) is 4.55. The Bertz CT molecular complexity index is 1120. The normalized spacial score (nSPS) is 12.6. The fraction of sp³-hybridized carbons (Fsp3) is 0.238. The maximum absolute atomic E-state index is 12.8. The molecule has 0 bridgehead atoms. The summed E-state index contributed by atoms with van der Waals surface area (Å²) in [6.45, 7) is 5.94. The topological polar surface area (TPSA) is 81.1 Å². The van der Waals surface area contributed by atoms with E-state index in [1.807, 2.05) is 17.7 Å². The van der Waals surface area contributed by atoms with Crippen molar-refractivity contribution in [2.45, 2.75) is 31.2 Å². The van der Waals surface area contributed by atoms with Crippen molar-refractivity contribution >= 4 is 33.3 Å². The Labute approximate surface area is 175 Å². The van der Waals surface area contributed by atoms with Crippen LogP contribution >= 0.6 is 11.8 Å². The highest BCUT2D eigenvalue weighted by atomic mass is 32.2. The van der Waals surface area contributed by atoms with Gasteiger partial charge in [-0.1, -0.05) is 17.8 Å². The minimum Gasteiger partial charge on any atom is -0.295 e. The number of carbonyl (C=O) groups is 1. The Morgan fingerprint density at radius 1 is 1.10 bits per heavy atom. The largest absolute Gasteiger partial charge is 0.295 e. The summed E-state index contributed by atoms with van der Waals surface area (Å²) in [5.74, 6) is -0.0455. The molecule has 29 heavy (non-hydrogen) atoms. The smallest absolute Gasteiger partial charge is 0.229 e. The van der Waals surface area contributed by atoms with Gasteiger partial charge in [-0.25, -0.2) is 13.4 Å². The lowest BCUT2D eigenvalue weighted by molar-refractivity contribution is 0.0994. The Balaban J connectivity index is 1.76. The number of hydrogen-bond donors (Lipinski definition) is 1. The molecule has 0 aliphatic carbocycles. The van der Waals surface area contributed by atoms with E-state index in [4.69, 9.17) is 0 Å². The van der Waals surface area contributed by atoms with Crippen molar-refractivity contribution in [1.82, 2.24) is 9.55 Å². The molecule has 3 rings (SSSR count). The van der Waals surface area contributed by atoms with Gasteiger partial charge in [-0.05, 0) is 68.3 Å². The number of aryl methyl sites for hydroxylation is 2. The molecule has 1 atom stereocenters. The van der Waals surface area contributed by atoms with Gasteiger partial charge in [-0.15, -0.1) is 0 Å². The molecule has 152 valence electrons. The van der Waals surface area contributed by atoms with Crippen LogP contribution < -0.4 is 4.72 Å². The summed E-state index contributed by atoms with van der Waals surface area (Å²) in [6, 6.07) is 12.7. The van der Waals surface area contributed by atoms with Crippen molar-refractivity contribution < 1.29 is 13.2 Å². The molecule has 0 spiro atoms. The van der Waals surface area contributed by atoms with E-state index >= 15 is 0 Å². The molecule has 2 aromatic carbocycles. The summed E-state index contributed by atoms with van der Waals surface area (Å²) in [5.41, 5.74) is 4.29. The van der Waals surface area contributed by atoms with Gasteiger partial charge in [0, 0.05) is 29.3 Å². The van der Waals surface area contributed by atoms with Crippen molar-refractivity contribution in [3.05, 3.63) is 71.5 Å². The van der Waals surface area contributed by atoms with Crippen molar-refractivity contribution in [3.63, 3.8) is 0 Å². The van der Waals surface area contributed by atoms with Crippen LogP contribution in [0, 0.1) is 13.8 Å². The zero-order chi connectivity index (χ0) is 21.2. The third-order valence-electron chi connectivity index (χ3n) is 4.22. The molecule has 1 aromatic heterocycles. The molecular weight excluding hydrogens is 406 g/mol. The Hall–Kier alpha value is -2.58. The van der Waals surface area contributed by atoms with E-state index < -0.39 is 10.0 Å². The van der Waals surface area contributed by atoms with E-state index in [1.54, 1.807) is 30.5 Å². The minimum absolute atomic E-state index is 0.0455. The van der Waals surface area contributed by atoms with Gasteiger partial charge in [0.05, 0.1) is 11.5 Å². The molecule has 0 saturated carbocycles. The maximum atomic E-state index is 12.8. The number of hydrogen-bond acceptors (Lipinski definition) is 5. The van der Waals surface area contributed by atoms with Crippen LogP contribution in [-0.4, -0.2) is 35.3 Å². The van der Waals surface area contributed by atoms with Crippen LogP contribution in [0.1, 0.15) is 28.4 Å². The predicted octanol–water partition coefficient (Wildman–Crippen LogP) is 4.22. The molecule has 0 amide bonds. The van der Waals surface area contributed by atoms with Gasteiger partial charge in [0.1, 0.15) is 0 Å². The standard InChI is InChI=1S/C21H23N3O3S2/c1-14-11-15(2)13-19(12-14)24-10-9-22-21(24)28-16(3)20(25)17-5-7-18(8-6-17)23-29(4,26)27/h5-13,16,23H,1-4H3. The molecule has 3 aromatic rings. The molecule has 0 aliphatic heterocycles. The van der Waals surface area contributed by atoms with Gasteiger partial charge in [0.2, 0.25) is 10.0 Å². The molecule has 8 heteroatoms. The lowest BCUT2D eigenvalue weighted by Crippen LogP contribution is -2.15. The zero-order valence-electron chi connectivity index (χ0n) is 16.7. The first-order valence-electron chi connectivity index (χ1n) is 9.03. The fourth-order valence-electron chi connectivity index (χ4n) is 3.03. The third kappa shape index (κ3) is 5.48. The number of anilines is 1. The summed E-state index contributed by atoms with van der Waals surface area (Å²) < 4.78 is 27.0. The van der Waals surface area contributed by atoms with Crippen LogP contribution in [0.3, 0.4) is 0 Å². The number of rotatable bonds is 7. The summed E-state index contributed by atoms with van der Waals surface area (Å²) in [5, 5.41) is 0.391. The number of sulfonamides is 1. The SMILES string of the molecule is Cc1cc(C)cc(-n2ccnc2SC(C)C(=O)c2ccc(NS(C)(=O)=O)cc2)c1. The molecule has 6 nitrogen and oxygen atoms in total. The lowest BCUT2D eigenvalue weighted by Gasteiger charge is -2.13. The molecule has 0 aliphatic rings. The van der Waals surface area contributed by atoms with E-state index in [1.165, 1.54) is 11.8 Å². The van der Waals surface area contributed by atoms with Crippen LogP contribution in [0.5, 0.6) is 0 Å². The number of carbonyl (C=O) groups excluding carboxylic acids is 1. The number of imidazole rings is 1. The van der Waals surface area contributed by atoms with Crippen LogP contribution in [0.15, 0.2) is 60.0 Å². The second-order valence-electron chi connectivity index (χ2n) is 7.00. The second-order valence-corrected chi connectivity index (χ2v) is 10.1. The van der Waals surface area contributed by atoms with Crippen molar-refractivity contribution in [2.24, 2.45) is 0 Å². The van der Waals surface area contributed by atoms with E-state index in [-0.39, 0.29) is 11.0 Å². The molecule has 0 fully saturated rings. The van der Waals surface area contributed by atoms with Gasteiger partial charge in [-0.2, -0.15) is 0 Å². The molecular formula is C21H23N3O3S2. The van der Waals surface area contributed by atoms with Crippen LogP contribution in [0.2, 0.25) is 0 Å². The molecule has 1 heterocycles.